The van der Waals surface area contributed by atoms with Crippen LogP contribution in [-0.2, 0) is 0 Å². The maximum Gasteiger partial charge on any atom is 0.271 e. The Balaban J connectivity index is 1.81. The number of halogens is 1. The molecule has 2 aromatic carbocycles. The van der Waals surface area contributed by atoms with E-state index >= 15 is 0 Å². The summed E-state index contributed by atoms with van der Waals surface area (Å²) in [5.41, 5.74) is 5.24. The molecule has 0 aliphatic heterocycles. The molecule has 1 aromatic heterocycles. The van der Waals surface area contributed by atoms with Crippen LogP contribution >= 0.6 is 11.6 Å². The smallest absolute Gasteiger partial charge is 0.267 e. The van der Waals surface area contributed by atoms with Gasteiger partial charge in [0, 0.05) is 28.1 Å². The van der Waals surface area contributed by atoms with Crippen LogP contribution in [0.1, 0.15) is 67.1 Å². The van der Waals surface area contributed by atoms with Gasteiger partial charge in [-0.3, -0.25) is 4.79 Å². The van der Waals surface area contributed by atoms with Crippen molar-refractivity contribution in [2.24, 2.45) is 5.92 Å². The van der Waals surface area contributed by atoms with E-state index in [1.165, 1.54) is 5.56 Å². The van der Waals surface area contributed by atoms with Gasteiger partial charge >= 0.3 is 0 Å². The third-order valence-electron chi connectivity index (χ3n) is 6.05. The zero-order valence-corrected chi connectivity index (χ0v) is 18.4. The second-order valence-electron chi connectivity index (χ2n) is 8.48. The summed E-state index contributed by atoms with van der Waals surface area (Å²) >= 11 is 5.96. The van der Waals surface area contributed by atoms with Crippen molar-refractivity contribution < 1.29 is 4.79 Å². The second kappa shape index (κ2) is 8.61. The normalized spacial score (nSPS) is 18.7. The number of fused-ring (bicyclic) bond motifs is 1. The average molecular weight is 419 g/mol. The van der Waals surface area contributed by atoms with Crippen molar-refractivity contribution in [1.29, 1.82) is 0 Å². The Morgan fingerprint density at radius 1 is 1.10 bits per heavy atom. The zero-order valence-electron chi connectivity index (χ0n) is 17.7. The van der Waals surface area contributed by atoms with E-state index in [-0.39, 0.29) is 5.91 Å². The van der Waals surface area contributed by atoms with Crippen LogP contribution in [0.2, 0.25) is 5.02 Å². The molecule has 2 atom stereocenters. The van der Waals surface area contributed by atoms with Gasteiger partial charge in [-0.05, 0) is 48.4 Å². The summed E-state index contributed by atoms with van der Waals surface area (Å²) in [4.78, 5) is 13.3. The zero-order chi connectivity index (χ0) is 21.3. The Kier molecular flexibility index (Phi) is 5.92. The highest BCUT2D eigenvalue weighted by Gasteiger charge is 2.34. The van der Waals surface area contributed by atoms with Gasteiger partial charge in [-0.25, -0.2) is 0 Å². The first-order valence-electron chi connectivity index (χ1n) is 10.6. The Morgan fingerprint density at radius 2 is 1.80 bits per heavy atom. The highest BCUT2D eigenvalue weighted by atomic mass is 35.5. The van der Waals surface area contributed by atoms with Gasteiger partial charge in [0.2, 0.25) is 0 Å². The Morgan fingerprint density at radius 3 is 2.47 bits per heavy atom. The van der Waals surface area contributed by atoms with Crippen LogP contribution in [0.4, 0.5) is 0 Å². The van der Waals surface area contributed by atoms with Crippen LogP contribution in [0.25, 0.3) is 17.3 Å². The maximum atomic E-state index is 13.3. The first-order valence-corrected chi connectivity index (χ1v) is 11.0. The molecular weight excluding hydrogens is 392 g/mol. The van der Waals surface area contributed by atoms with Gasteiger partial charge in [0.05, 0.1) is 11.4 Å². The molecule has 1 aliphatic carbocycles. The molecule has 154 valence electrons. The van der Waals surface area contributed by atoms with Crippen LogP contribution in [-0.4, -0.2) is 15.7 Å². The monoisotopic (exact) mass is 418 g/mol. The van der Waals surface area contributed by atoms with Gasteiger partial charge < -0.3 is 0 Å². The average Bonchev–Trinajstić information content (AvgIpc) is 3.15. The molecule has 0 fully saturated rings. The van der Waals surface area contributed by atoms with Gasteiger partial charge in [-0.15, -0.1) is 0 Å². The molecule has 0 N–H and O–H groups in total. The number of rotatable bonds is 4. The molecule has 0 saturated heterocycles. The lowest BCUT2D eigenvalue weighted by Crippen LogP contribution is -2.17. The quantitative estimate of drug-likeness (QED) is 0.420. The van der Waals surface area contributed by atoms with Crippen LogP contribution in [0.3, 0.4) is 0 Å². The molecule has 3 aromatic rings. The third kappa shape index (κ3) is 3.99. The topological polar surface area (TPSA) is 34.9 Å². The number of allylic oxidation sites excluding steroid dienone is 1. The van der Waals surface area contributed by atoms with E-state index in [1.807, 2.05) is 48.5 Å². The SMILES string of the molecule is CC(C)[C@@H]1CC[C@@H](C)c2c1nn(C(=O)/C=C/c1ccc(Cl)cc1)c2-c1ccccc1. The molecule has 1 aliphatic rings. The molecule has 1 heterocycles. The van der Waals surface area contributed by atoms with Gasteiger partial charge in [-0.1, -0.05) is 74.8 Å². The molecule has 3 nitrogen and oxygen atoms in total. The van der Waals surface area contributed by atoms with Gasteiger partial charge in [-0.2, -0.15) is 9.78 Å². The minimum atomic E-state index is -0.132. The van der Waals surface area contributed by atoms with Gasteiger partial charge in [0.1, 0.15) is 0 Å². The number of aromatic nitrogens is 2. The minimum absolute atomic E-state index is 0.132. The maximum absolute atomic E-state index is 13.3. The van der Waals surface area contributed by atoms with E-state index in [0.29, 0.717) is 22.8 Å². The van der Waals surface area contributed by atoms with Gasteiger partial charge in [0.15, 0.2) is 0 Å². The lowest BCUT2D eigenvalue weighted by atomic mass is 9.75. The van der Waals surface area contributed by atoms with E-state index in [2.05, 4.69) is 32.9 Å². The largest absolute Gasteiger partial charge is 0.271 e. The van der Waals surface area contributed by atoms with Crippen molar-refractivity contribution in [2.45, 2.75) is 45.4 Å². The second-order valence-corrected chi connectivity index (χ2v) is 8.91. The lowest BCUT2D eigenvalue weighted by molar-refractivity contribution is 0.0956. The van der Waals surface area contributed by atoms with Crippen LogP contribution in [0, 0.1) is 5.92 Å². The number of carbonyl (C=O) groups excluding carboxylic acids is 1. The molecular formula is C26H27ClN2O. The summed E-state index contributed by atoms with van der Waals surface area (Å²) in [5, 5.41) is 5.58. The van der Waals surface area contributed by atoms with Crippen molar-refractivity contribution in [2.75, 3.05) is 0 Å². The highest BCUT2D eigenvalue weighted by molar-refractivity contribution is 6.30. The number of benzene rings is 2. The summed E-state index contributed by atoms with van der Waals surface area (Å²) in [6, 6.07) is 17.6. The predicted octanol–water partition coefficient (Wildman–Crippen LogP) is 7.19. The number of hydrogen-bond acceptors (Lipinski definition) is 2. The molecule has 0 amide bonds. The van der Waals surface area contributed by atoms with E-state index < -0.39 is 0 Å². The van der Waals surface area contributed by atoms with Crippen LogP contribution in [0.5, 0.6) is 0 Å². The standard InChI is InChI=1S/C26H27ClN2O/c1-17(2)22-15-9-18(3)24-25(22)28-29(26(24)20-7-5-4-6-8-20)23(30)16-12-19-10-13-21(27)14-11-19/h4-8,10-14,16-18,22H,9,15H2,1-3H3/b16-12+/t18-,22+/m1/s1. The van der Waals surface area contributed by atoms with E-state index in [1.54, 1.807) is 10.8 Å². The molecule has 30 heavy (non-hydrogen) atoms. The Hall–Kier alpha value is -2.65. The fourth-order valence-corrected chi connectivity index (χ4v) is 4.54. The van der Waals surface area contributed by atoms with Crippen molar-refractivity contribution in [3.63, 3.8) is 0 Å². The van der Waals surface area contributed by atoms with Gasteiger partial charge in [0.25, 0.3) is 5.91 Å². The van der Waals surface area contributed by atoms with Crippen LogP contribution in [0.15, 0.2) is 60.7 Å². The van der Waals surface area contributed by atoms with Crippen molar-refractivity contribution in [3.8, 4) is 11.3 Å². The molecule has 4 rings (SSSR count). The van der Waals surface area contributed by atoms with E-state index in [9.17, 15) is 4.79 Å². The Labute approximate surface area is 183 Å². The van der Waals surface area contributed by atoms with Crippen molar-refractivity contribution in [1.82, 2.24) is 9.78 Å². The number of nitrogens with zero attached hydrogens (tertiary/aromatic N) is 2. The summed E-state index contributed by atoms with van der Waals surface area (Å²) < 4.78 is 1.61. The number of carbonyl (C=O) groups is 1. The molecule has 0 saturated carbocycles. The van der Waals surface area contributed by atoms with Crippen molar-refractivity contribution in [3.05, 3.63) is 82.5 Å². The highest BCUT2D eigenvalue weighted by Crippen LogP contribution is 2.45. The Bertz CT molecular complexity index is 1060. The minimum Gasteiger partial charge on any atom is -0.267 e. The van der Waals surface area contributed by atoms with E-state index in [4.69, 9.17) is 16.7 Å². The summed E-state index contributed by atoms with van der Waals surface area (Å²) in [7, 11) is 0. The van der Waals surface area contributed by atoms with Crippen molar-refractivity contribution >= 4 is 23.6 Å². The molecule has 0 spiro atoms. The molecule has 0 unspecified atom stereocenters. The fraction of sp³-hybridized carbons (Fsp3) is 0.308. The predicted molar refractivity (Wildman–Crippen MR) is 124 cm³/mol. The summed E-state index contributed by atoms with van der Waals surface area (Å²) in [6.07, 6.45) is 5.66. The first kappa shape index (κ1) is 20.6. The summed E-state index contributed by atoms with van der Waals surface area (Å²) in [6.45, 7) is 6.74. The third-order valence-corrected chi connectivity index (χ3v) is 6.31. The number of hydrogen-bond donors (Lipinski definition) is 0. The van der Waals surface area contributed by atoms with E-state index in [0.717, 1.165) is 35.4 Å². The molecule has 4 heteroatoms. The molecule has 0 radical (unpaired) electrons. The molecule has 0 bridgehead atoms. The summed E-state index contributed by atoms with van der Waals surface area (Å²) in [5.74, 6) is 1.12. The first-order chi connectivity index (χ1) is 14.5. The van der Waals surface area contributed by atoms with Crippen LogP contribution < -0.4 is 0 Å². The fourth-order valence-electron chi connectivity index (χ4n) is 4.41. The lowest BCUT2D eigenvalue weighted by Gasteiger charge is -2.28.